The molecule has 0 aliphatic carbocycles. The molecular formula is C17H21F3N2O4. The average Bonchev–Trinajstić information content (AvgIpc) is 3.12. The first kappa shape index (κ1) is 18.9. The zero-order valence-electron chi connectivity index (χ0n) is 14.2. The molecule has 1 unspecified atom stereocenters. The number of alkyl halides is 3. The summed E-state index contributed by atoms with van der Waals surface area (Å²) in [7, 11) is 0. The summed E-state index contributed by atoms with van der Waals surface area (Å²) < 4.78 is 50.6. The lowest BCUT2D eigenvalue weighted by Crippen LogP contribution is -2.37. The van der Waals surface area contributed by atoms with Gasteiger partial charge in [-0.05, 0) is 31.4 Å². The lowest BCUT2D eigenvalue weighted by atomic mass is 10.0. The molecule has 2 fully saturated rings. The van der Waals surface area contributed by atoms with Crippen molar-refractivity contribution in [2.75, 3.05) is 37.8 Å². The van der Waals surface area contributed by atoms with Gasteiger partial charge in [0, 0.05) is 37.4 Å². The molecule has 0 N–H and O–H groups in total. The number of rotatable bonds is 5. The quantitative estimate of drug-likeness (QED) is 0.582. The van der Waals surface area contributed by atoms with Gasteiger partial charge in [0.1, 0.15) is 5.56 Å². The van der Waals surface area contributed by atoms with E-state index in [0.717, 1.165) is 31.8 Å². The molecule has 0 radical (unpaired) electrons. The SMILES string of the molecule is O=[N+]([O-])c1ccc(N2CCC(OCC3CCOC3)CC2)cc1C(F)(F)F. The third-order valence-electron chi connectivity index (χ3n) is 4.88. The van der Waals surface area contributed by atoms with Crippen LogP contribution in [0, 0.1) is 16.0 Å². The van der Waals surface area contributed by atoms with Crippen molar-refractivity contribution in [2.24, 2.45) is 5.92 Å². The summed E-state index contributed by atoms with van der Waals surface area (Å²) in [5.41, 5.74) is -1.77. The van der Waals surface area contributed by atoms with Gasteiger partial charge in [0.2, 0.25) is 0 Å². The van der Waals surface area contributed by atoms with E-state index in [4.69, 9.17) is 9.47 Å². The summed E-state index contributed by atoms with van der Waals surface area (Å²) in [5.74, 6) is 0.428. The molecule has 1 atom stereocenters. The number of piperidine rings is 1. The van der Waals surface area contributed by atoms with Crippen molar-refractivity contribution in [3.63, 3.8) is 0 Å². The van der Waals surface area contributed by atoms with Gasteiger partial charge in [-0.3, -0.25) is 10.1 Å². The van der Waals surface area contributed by atoms with E-state index in [0.29, 0.717) is 44.1 Å². The fourth-order valence-corrected chi connectivity index (χ4v) is 3.37. The Balaban J connectivity index is 1.61. The molecule has 9 heteroatoms. The second-order valence-electron chi connectivity index (χ2n) is 6.71. The van der Waals surface area contributed by atoms with Gasteiger partial charge in [-0.1, -0.05) is 0 Å². The van der Waals surface area contributed by atoms with Crippen LogP contribution in [0.1, 0.15) is 24.8 Å². The van der Waals surface area contributed by atoms with Crippen LogP contribution in [0.5, 0.6) is 0 Å². The number of hydrogen-bond donors (Lipinski definition) is 0. The first-order valence-corrected chi connectivity index (χ1v) is 8.64. The minimum Gasteiger partial charge on any atom is -0.381 e. The second kappa shape index (κ2) is 7.79. The maximum atomic E-state index is 13.1. The molecule has 144 valence electrons. The van der Waals surface area contributed by atoms with Gasteiger partial charge in [-0.15, -0.1) is 0 Å². The number of halogens is 3. The molecule has 0 saturated carbocycles. The topological polar surface area (TPSA) is 64.8 Å². The maximum absolute atomic E-state index is 13.1. The standard InChI is InChI=1S/C17H21F3N2O4/c18-17(19,20)15-9-13(1-2-16(15)22(23)24)21-6-3-14(4-7-21)26-11-12-5-8-25-10-12/h1-2,9,12,14H,3-8,10-11H2. The number of nitro groups is 1. The van der Waals surface area contributed by atoms with Crippen LogP contribution in [0.15, 0.2) is 18.2 Å². The molecule has 2 heterocycles. The molecule has 1 aromatic rings. The van der Waals surface area contributed by atoms with Gasteiger partial charge in [0.05, 0.1) is 24.2 Å². The Bertz CT molecular complexity index is 639. The zero-order valence-corrected chi connectivity index (χ0v) is 14.2. The van der Waals surface area contributed by atoms with Gasteiger partial charge in [-0.25, -0.2) is 0 Å². The number of hydrogen-bond acceptors (Lipinski definition) is 5. The van der Waals surface area contributed by atoms with Gasteiger partial charge in [-0.2, -0.15) is 13.2 Å². The van der Waals surface area contributed by atoms with E-state index in [1.165, 1.54) is 6.07 Å². The van der Waals surface area contributed by atoms with Crippen LogP contribution >= 0.6 is 0 Å². The number of benzene rings is 1. The Morgan fingerprint density at radius 3 is 2.58 bits per heavy atom. The number of nitro benzene ring substituents is 1. The highest BCUT2D eigenvalue weighted by Crippen LogP contribution is 2.38. The van der Waals surface area contributed by atoms with Crippen molar-refractivity contribution in [3.05, 3.63) is 33.9 Å². The molecule has 3 rings (SSSR count). The van der Waals surface area contributed by atoms with E-state index in [9.17, 15) is 23.3 Å². The largest absolute Gasteiger partial charge is 0.423 e. The molecule has 2 saturated heterocycles. The summed E-state index contributed by atoms with van der Waals surface area (Å²) in [6.45, 7) is 3.26. The molecule has 2 aliphatic heterocycles. The first-order valence-electron chi connectivity index (χ1n) is 8.64. The molecule has 2 aliphatic rings. The Morgan fingerprint density at radius 2 is 2.00 bits per heavy atom. The number of ether oxygens (including phenoxy) is 2. The van der Waals surface area contributed by atoms with Crippen LogP contribution in [0.2, 0.25) is 0 Å². The minimum absolute atomic E-state index is 0.0898. The summed E-state index contributed by atoms with van der Waals surface area (Å²) in [4.78, 5) is 11.7. The van der Waals surface area contributed by atoms with Gasteiger partial charge in [0.15, 0.2) is 0 Å². The Labute approximate surface area is 149 Å². The summed E-state index contributed by atoms with van der Waals surface area (Å²) >= 11 is 0. The van der Waals surface area contributed by atoms with Crippen LogP contribution in [0.25, 0.3) is 0 Å². The van der Waals surface area contributed by atoms with Crippen LogP contribution in [0.3, 0.4) is 0 Å². The van der Waals surface area contributed by atoms with Crippen molar-refractivity contribution in [1.29, 1.82) is 0 Å². The van der Waals surface area contributed by atoms with Crippen LogP contribution < -0.4 is 4.90 Å². The third kappa shape index (κ3) is 4.45. The van der Waals surface area contributed by atoms with Crippen molar-refractivity contribution in [3.8, 4) is 0 Å². The van der Waals surface area contributed by atoms with Crippen molar-refractivity contribution in [2.45, 2.75) is 31.5 Å². The molecule has 26 heavy (non-hydrogen) atoms. The lowest BCUT2D eigenvalue weighted by molar-refractivity contribution is -0.388. The second-order valence-corrected chi connectivity index (χ2v) is 6.71. The van der Waals surface area contributed by atoms with Crippen LogP contribution in [-0.4, -0.2) is 43.9 Å². The van der Waals surface area contributed by atoms with Crippen LogP contribution in [-0.2, 0) is 15.7 Å². The van der Waals surface area contributed by atoms with E-state index >= 15 is 0 Å². The fourth-order valence-electron chi connectivity index (χ4n) is 3.37. The Kier molecular flexibility index (Phi) is 5.67. The van der Waals surface area contributed by atoms with E-state index in [-0.39, 0.29) is 6.10 Å². The van der Waals surface area contributed by atoms with Gasteiger partial charge >= 0.3 is 6.18 Å². The predicted octanol–water partition coefficient (Wildman–Crippen LogP) is 3.64. The summed E-state index contributed by atoms with van der Waals surface area (Å²) in [5, 5.41) is 10.8. The highest BCUT2D eigenvalue weighted by atomic mass is 19.4. The maximum Gasteiger partial charge on any atom is 0.423 e. The summed E-state index contributed by atoms with van der Waals surface area (Å²) in [6, 6.07) is 3.18. The molecule has 1 aromatic carbocycles. The highest BCUT2D eigenvalue weighted by molar-refractivity contribution is 5.57. The molecule has 0 bridgehead atoms. The third-order valence-corrected chi connectivity index (χ3v) is 4.88. The fraction of sp³-hybridized carbons (Fsp3) is 0.647. The molecule has 6 nitrogen and oxygen atoms in total. The highest BCUT2D eigenvalue weighted by Gasteiger charge is 2.39. The van der Waals surface area contributed by atoms with Crippen molar-refractivity contribution in [1.82, 2.24) is 0 Å². The molecular weight excluding hydrogens is 353 g/mol. The zero-order chi connectivity index (χ0) is 18.7. The van der Waals surface area contributed by atoms with Crippen LogP contribution in [0.4, 0.5) is 24.5 Å². The predicted molar refractivity (Wildman–Crippen MR) is 88.2 cm³/mol. The van der Waals surface area contributed by atoms with E-state index in [2.05, 4.69) is 0 Å². The van der Waals surface area contributed by atoms with Gasteiger partial charge < -0.3 is 14.4 Å². The average molecular weight is 374 g/mol. The van der Waals surface area contributed by atoms with E-state index in [1.54, 1.807) is 0 Å². The van der Waals surface area contributed by atoms with E-state index < -0.39 is 22.4 Å². The monoisotopic (exact) mass is 374 g/mol. The minimum atomic E-state index is -4.76. The summed E-state index contributed by atoms with van der Waals surface area (Å²) in [6.07, 6.45) is -2.24. The lowest BCUT2D eigenvalue weighted by Gasteiger charge is -2.34. The first-order chi connectivity index (χ1) is 12.3. The number of anilines is 1. The van der Waals surface area contributed by atoms with Crippen molar-refractivity contribution < 1.29 is 27.6 Å². The molecule has 0 aromatic heterocycles. The van der Waals surface area contributed by atoms with Crippen molar-refractivity contribution >= 4 is 11.4 Å². The smallest absolute Gasteiger partial charge is 0.381 e. The Morgan fingerprint density at radius 1 is 1.27 bits per heavy atom. The molecule has 0 spiro atoms. The Hall–Kier alpha value is -1.87. The molecule has 0 amide bonds. The normalized spacial score (nSPS) is 22.0. The van der Waals surface area contributed by atoms with Gasteiger partial charge in [0.25, 0.3) is 5.69 Å². The number of nitrogens with zero attached hydrogens (tertiary/aromatic N) is 2. The van der Waals surface area contributed by atoms with E-state index in [1.807, 2.05) is 4.90 Å².